The van der Waals surface area contributed by atoms with E-state index in [1.807, 2.05) is 6.92 Å². The highest BCUT2D eigenvalue weighted by Crippen LogP contribution is 2.02. The molecule has 4 heteroatoms. The van der Waals surface area contributed by atoms with Gasteiger partial charge in [-0.15, -0.1) is 0 Å². The van der Waals surface area contributed by atoms with Crippen LogP contribution in [0, 0.1) is 0 Å². The molecule has 0 spiro atoms. The molecular formula is C4H7N3S. The molecule has 3 nitrogen and oxygen atoms in total. The maximum Gasteiger partial charge on any atom is 0.111 e. The number of hydrogen-bond donors (Lipinski definition) is 1. The first-order valence-electron chi connectivity index (χ1n) is 2.34. The van der Waals surface area contributed by atoms with Crippen LogP contribution in [0.2, 0.25) is 0 Å². The van der Waals surface area contributed by atoms with Gasteiger partial charge < -0.3 is 0 Å². The second-order valence-electron chi connectivity index (χ2n) is 1.48. The van der Waals surface area contributed by atoms with Gasteiger partial charge in [0.15, 0.2) is 0 Å². The first-order valence-corrected chi connectivity index (χ1v) is 2.86. The highest BCUT2D eigenvalue weighted by molar-refractivity contribution is 7.80. The van der Waals surface area contributed by atoms with Crippen molar-refractivity contribution in [2.45, 2.75) is 12.3 Å². The summed E-state index contributed by atoms with van der Waals surface area (Å²) in [6, 6.07) is 0. The van der Waals surface area contributed by atoms with Crippen molar-refractivity contribution in [1.29, 1.82) is 0 Å². The minimum absolute atomic E-state index is 0.0741. The van der Waals surface area contributed by atoms with E-state index in [2.05, 4.69) is 22.8 Å². The Kier molecular flexibility index (Phi) is 1.53. The van der Waals surface area contributed by atoms with Gasteiger partial charge in [0.2, 0.25) is 0 Å². The van der Waals surface area contributed by atoms with Gasteiger partial charge in [-0.1, -0.05) is 0 Å². The zero-order valence-corrected chi connectivity index (χ0v) is 5.42. The third-order valence-electron chi connectivity index (χ3n) is 0.771. The van der Waals surface area contributed by atoms with Crippen LogP contribution in [0.25, 0.3) is 0 Å². The molecule has 8 heavy (non-hydrogen) atoms. The summed E-state index contributed by atoms with van der Waals surface area (Å²) >= 11 is 4.09. The molecule has 0 radical (unpaired) electrons. The van der Waals surface area contributed by atoms with Gasteiger partial charge in [-0.05, 0) is 6.92 Å². The van der Waals surface area contributed by atoms with Crippen LogP contribution in [0.5, 0.6) is 0 Å². The molecule has 0 aromatic carbocycles. The van der Waals surface area contributed by atoms with Crippen LogP contribution in [-0.4, -0.2) is 15.0 Å². The van der Waals surface area contributed by atoms with Gasteiger partial charge in [0.1, 0.15) is 5.37 Å². The van der Waals surface area contributed by atoms with Gasteiger partial charge in [-0.2, -0.15) is 27.6 Å². The summed E-state index contributed by atoms with van der Waals surface area (Å²) in [7, 11) is 0. The maximum absolute atomic E-state index is 4.09. The van der Waals surface area contributed by atoms with Crippen LogP contribution in [0.1, 0.15) is 12.3 Å². The lowest BCUT2D eigenvalue weighted by molar-refractivity contribution is 0.559. The molecule has 1 unspecified atom stereocenters. The Morgan fingerprint density at radius 1 is 1.50 bits per heavy atom. The van der Waals surface area contributed by atoms with Gasteiger partial charge in [-0.25, -0.2) is 0 Å². The van der Waals surface area contributed by atoms with E-state index in [4.69, 9.17) is 0 Å². The van der Waals surface area contributed by atoms with Crippen LogP contribution in [0.4, 0.5) is 0 Å². The average Bonchev–Trinajstić information content (AvgIpc) is 2.12. The van der Waals surface area contributed by atoms with Crippen LogP contribution in [0.3, 0.4) is 0 Å². The van der Waals surface area contributed by atoms with Crippen molar-refractivity contribution in [2.24, 2.45) is 0 Å². The Morgan fingerprint density at radius 3 is 2.25 bits per heavy atom. The highest BCUT2D eigenvalue weighted by Gasteiger charge is 1.94. The molecule has 1 atom stereocenters. The molecule has 1 aromatic heterocycles. The van der Waals surface area contributed by atoms with E-state index < -0.39 is 0 Å². The molecule has 0 amide bonds. The first-order chi connectivity index (χ1) is 3.80. The van der Waals surface area contributed by atoms with E-state index in [1.165, 1.54) is 4.80 Å². The summed E-state index contributed by atoms with van der Waals surface area (Å²) in [5.41, 5.74) is 0. The summed E-state index contributed by atoms with van der Waals surface area (Å²) in [5, 5.41) is 7.76. The second-order valence-corrected chi connectivity index (χ2v) is 2.23. The van der Waals surface area contributed by atoms with Crippen LogP contribution in [-0.2, 0) is 0 Å². The Labute approximate surface area is 53.1 Å². The largest absolute Gasteiger partial charge is 0.172 e. The Balaban J connectivity index is 2.77. The Bertz CT molecular complexity index is 146. The molecule has 0 aliphatic heterocycles. The molecule has 1 heterocycles. The lowest BCUT2D eigenvalue weighted by atomic mass is 10.8. The van der Waals surface area contributed by atoms with Gasteiger partial charge in [0, 0.05) is 0 Å². The fraction of sp³-hybridized carbons (Fsp3) is 0.500. The predicted octanol–water partition coefficient (Wildman–Crippen LogP) is 0.726. The van der Waals surface area contributed by atoms with E-state index in [1.54, 1.807) is 12.4 Å². The monoisotopic (exact) mass is 129 g/mol. The topological polar surface area (TPSA) is 30.7 Å². The fourth-order valence-electron chi connectivity index (χ4n) is 0.419. The van der Waals surface area contributed by atoms with E-state index in [0.717, 1.165) is 0 Å². The molecule has 0 bridgehead atoms. The molecular weight excluding hydrogens is 122 g/mol. The fourth-order valence-corrected chi connectivity index (χ4v) is 0.538. The van der Waals surface area contributed by atoms with Gasteiger partial charge in [0.05, 0.1) is 12.4 Å². The Hall–Kier alpha value is -0.510. The molecule has 44 valence electrons. The number of aromatic nitrogens is 3. The van der Waals surface area contributed by atoms with E-state index in [0.29, 0.717) is 0 Å². The van der Waals surface area contributed by atoms with E-state index in [-0.39, 0.29) is 5.37 Å². The smallest absolute Gasteiger partial charge is 0.111 e. The quantitative estimate of drug-likeness (QED) is 0.566. The standard InChI is InChI=1S/C4H7N3S/c1-4(8)7-5-2-3-6-7/h2-4,8H,1H3. The predicted molar refractivity (Wildman–Crippen MR) is 33.7 cm³/mol. The van der Waals surface area contributed by atoms with Gasteiger partial charge >= 0.3 is 0 Å². The zero-order chi connectivity index (χ0) is 5.98. The number of hydrogen-bond acceptors (Lipinski definition) is 3. The van der Waals surface area contributed by atoms with Crippen molar-refractivity contribution in [3.63, 3.8) is 0 Å². The minimum Gasteiger partial charge on any atom is -0.172 e. The molecule has 0 saturated carbocycles. The van der Waals surface area contributed by atoms with E-state index in [9.17, 15) is 0 Å². The maximum atomic E-state index is 4.09. The lowest BCUT2D eigenvalue weighted by Crippen LogP contribution is -2.01. The lowest BCUT2D eigenvalue weighted by Gasteiger charge is -1.98. The molecule has 1 aromatic rings. The van der Waals surface area contributed by atoms with Crippen LogP contribution < -0.4 is 0 Å². The molecule has 0 saturated heterocycles. The van der Waals surface area contributed by atoms with Gasteiger partial charge in [-0.3, -0.25) is 0 Å². The summed E-state index contributed by atoms with van der Waals surface area (Å²) in [6.45, 7) is 1.91. The van der Waals surface area contributed by atoms with Crippen LogP contribution >= 0.6 is 12.6 Å². The van der Waals surface area contributed by atoms with Crippen molar-refractivity contribution in [3.05, 3.63) is 12.4 Å². The van der Waals surface area contributed by atoms with Crippen molar-refractivity contribution in [1.82, 2.24) is 15.0 Å². The number of rotatable bonds is 1. The van der Waals surface area contributed by atoms with Crippen molar-refractivity contribution < 1.29 is 0 Å². The van der Waals surface area contributed by atoms with Crippen molar-refractivity contribution >= 4 is 12.6 Å². The Morgan fingerprint density at radius 2 is 2.00 bits per heavy atom. The van der Waals surface area contributed by atoms with Crippen LogP contribution in [0.15, 0.2) is 12.4 Å². The summed E-state index contributed by atoms with van der Waals surface area (Å²) in [4.78, 5) is 1.53. The molecule has 0 aliphatic carbocycles. The third kappa shape index (κ3) is 1.01. The SMILES string of the molecule is CC(S)n1nccn1. The first kappa shape index (κ1) is 5.62. The third-order valence-corrected chi connectivity index (χ3v) is 0.977. The van der Waals surface area contributed by atoms with Gasteiger partial charge in [0.25, 0.3) is 0 Å². The normalized spacial score (nSPS) is 13.8. The zero-order valence-electron chi connectivity index (χ0n) is 4.52. The average molecular weight is 129 g/mol. The molecule has 1 rings (SSSR count). The molecule has 0 fully saturated rings. The highest BCUT2D eigenvalue weighted by atomic mass is 32.1. The van der Waals surface area contributed by atoms with Crippen molar-refractivity contribution in [3.8, 4) is 0 Å². The summed E-state index contributed by atoms with van der Waals surface area (Å²) in [6.07, 6.45) is 3.26. The van der Waals surface area contributed by atoms with Crippen molar-refractivity contribution in [2.75, 3.05) is 0 Å². The summed E-state index contributed by atoms with van der Waals surface area (Å²) in [5.74, 6) is 0. The molecule has 0 N–H and O–H groups in total. The van der Waals surface area contributed by atoms with E-state index >= 15 is 0 Å². The number of thiol groups is 1. The summed E-state index contributed by atoms with van der Waals surface area (Å²) < 4.78 is 0. The second kappa shape index (κ2) is 2.17. The minimum atomic E-state index is 0.0741. The number of nitrogens with zero attached hydrogens (tertiary/aromatic N) is 3. The molecule has 0 aliphatic rings.